The lowest BCUT2D eigenvalue weighted by Crippen LogP contribution is -2.46. The Bertz CT molecular complexity index is 1010. The Balaban J connectivity index is 1.52. The molecule has 0 radical (unpaired) electrons. The van der Waals surface area contributed by atoms with E-state index in [-0.39, 0.29) is 17.6 Å². The summed E-state index contributed by atoms with van der Waals surface area (Å²) >= 11 is 0. The third-order valence-electron chi connectivity index (χ3n) is 5.97. The number of carbonyl (C=O) groups is 2. The first-order valence-corrected chi connectivity index (χ1v) is 11.1. The Morgan fingerprint density at radius 1 is 1.12 bits per heavy atom. The monoisotopic (exact) mass is 432 g/mol. The van der Waals surface area contributed by atoms with E-state index in [9.17, 15) is 9.59 Å². The van der Waals surface area contributed by atoms with Gasteiger partial charge in [-0.05, 0) is 56.0 Å². The highest BCUT2D eigenvalue weighted by atomic mass is 16.5. The van der Waals surface area contributed by atoms with Gasteiger partial charge in [0.05, 0.1) is 11.4 Å². The van der Waals surface area contributed by atoms with Gasteiger partial charge in [-0.25, -0.2) is 9.48 Å². The number of nitrogens with one attached hydrogen (secondary N) is 1. The van der Waals surface area contributed by atoms with Gasteiger partial charge in [-0.1, -0.05) is 38.0 Å². The number of carbonyl (C=O) groups excluding carboxylic acids is 2. The fourth-order valence-corrected chi connectivity index (χ4v) is 4.07. The van der Waals surface area contributed by atoms with Crippen LogP contribution in [0.15, 0.2) is 60.9 Å². The summed E-state index contributed by atoms with van der Waals surface area (Å²) in [4.78, 5) is 29.6. The van der Waals surface area contributed by atoms with Crippen LogP contribution in [0.25, 0.3) is 16.9 Å². The summed E-state index contributed by atoms with van der Waals surface area (Å²) < 4.78 is 7.16. The lowest BCUT2D eigenvalue weighted by Gasteiger charge is -2.30. The molecule has 32 heavy (non-hydrogen) atoms. The number of esters is 1. The van der Waals surface area contributed by atoms with Gasteiger partial charge in [0.25, 0.3) is 5.91 Å². The van der Waals surface area contributed by atoms with Crippen molar-refractivity contribution in [3.8, 4) is 16.9 Å². The summed E-state index contributed by atoms with van der Waals surface area (Å²) in [5, 5.41) is 7.52. The van der Waals surface area contributed by atoms with Gasteiger partial charge in [-0.15, -0.1) is 0 Å². The number of rotatable bonds is 6. The van der Waals surface area contributed by atoms with E-state index in [0.717, 1.165) is 30.5 Å². The first-order valence-electron chi connectivity index (χ1n) is 11.1. The molecule has 0 unspecified atom stereocenters. The number of ether oxygens (including phenoxy) is 1. The zero-order valence-electron chi connectivity index (χ0n) is 18.4. The van der Waals surface area contributed by atoms with Crippen LogP contribution >= 0.6 is 0 Å². The van der Waals surface area contributed by atoms with E-state index in [0.29, 0.717) is 11.6 Å². The topological polar surface area (TPSA) is 86.1 Å². The predicted molar refractivity (Wildman–Crippen MR) is 121 cm³/mol. The molecule has 1 amide bonds. The molecular weight excluding hydrogens is 404 g/mol. The maximum absolute atomic E-state index is 12.9. The highest BCUT2D eigenvalue weighted by Gasteiger charge is 2.27. The maximum atomic E-state index is 12.9. The van der Waals surface area contributed by atoms with Crippen molar-refractivity contribution in [1.29, 1.82) is 0 Å². The second kappa shape index (κ2) is 9.77. The van der Waals surface area contributed by atoms with Gasteiger partial charge in [-0.2, -0.15) is 5.10 Å². The van der Waals surface area contributed by atoms with Gasteiger partial charge in [0.2, 0.25) is 0 Å². The Morgan fingerprint density at radius 2 is 1.91 bits per heavy atom. The maximum Gasteiger partial charge on any atom is 0.359 e. The second-order valence-corrected chi connectivity index (χ2v) is 8.33. The highest BCUT2D eigenvalue weighted by Crippen LogP contribution is 2.25. The van der Waals surface area contributed by atoms with Crippen LogP contribution in [0.5, 0.6) is 0 Å². The van der Waals surface area contributed by atoms with E-state index in [1.807, 2.05) is 42.5 Å². The standard InChI is InChI=1S/C25H28N4O3/c1-17-9-6-7-13-21(17)27-24(30)18(2)32-25(31)22-15-23(19-10-8-14-26-16-19)29(28-22)20-11-4-3-5-12-20/h3-5,8,10-12,14-18,21H,6-7,9,13H2,1-2H3,(H,27,30)/t17-,18+,21+/m1/s1. The minimum atomic E-state index is -0.902. The quantitative estimate of drug-likeness (QED) is 0.591. The summed E-state index contributed by atoms with van der Waals surface area (Å²) in [5.41, 5.74) is 2.48. The van der Waals surface area contributed by atoms with Crippen LogP contribution < -0.4 is 5.32 Å². The van der Waals surface area contributed by atoms with Crippen molar-refractivity contribution in [2.75, 3.05) is 0 Å². The van der Waals surface area contributed by atoms with Crippen molar-refractivity contribution in [3.05, 3.63) is 66.6 Å². The molecule has 1 aliphatic rings. The lowest BCUT2D eigenvalue weighted by molar-refractivity contribution is -0.130. The molecule has 0 spiro atoms. The minimum absolute atomic E-state index is 0.131. The Hall–Kier alpha value is -3.48. The van der Waals surface area contributed by atoms with E-state index < -0.39 is 12.1 Å². The molecule has 0 saturated heterocycles. The molecular formula is C25H28N4O3. The average molecular weight is 433 g/mol. The molecule has 0 bridgehead atoms. The molecule has 1 aromatic carbocycles. The van der Waals surface area contributed by atoms with Crippen LogP contribution in [0.4, 0.5) is 0 Å². The van der Waals surface area contributed by atoms with Crippen molar-refractivity contribution in [1.82, 2.24) is 20.1 Å². The van der Waals surface area contributed by atoms with Gasteiger partial charge >= 0.3 is 5.97 Å². The van der Waals surface area contributed by atoms with Crippen LogP contribution in [0, 0.1) is 5.92 Å². The van der Waals surface area contributed by atoms with E-state index in [4.69, 9.17) is 4.74 Å². The molecule has 7 nitrogen and oxygen atoms in total. The van der Waals surface area contributed by atoms with Gasteiger partial charge in [-0.3, -0.25) is 9.78 Å². The molecule has 4 rings (SSSR count). The number of hydrogen-bond acceptors (Lipinski definition) is 5. The van der Waals surface area contributed by atoms with Crippen LogP contribution in [-0.2, 0) is 9.53 Å². The van der Waals surface area contributed by atoms with Crippen LogP contribution in [0.3, 0.4) is 0 Å². The van der Waals surface area contributed by atoms with E-state index in [1.165, 1.54) is 6.42 Å². The number of hydrogen-bond donors (Lipinski definition) is 1. The first kappa shape index (κ1) is 21.7. The normalized spacial score (nSPS) is 19.2. The van der Waals surface area contributed by atoms with E-state index in [2.05, 4.69) is 22.3 Å². The van der Waals surface area contributed by atoms with Crippen molar-refractivity contribution >= 4 is 11.9 Å². The van der Waals surface area contributed by atoms with Gasteiger partial charge in [0.1, 0.15) is 0 Å². The van der Waals surface area contributed by atoms with E-state index in [1.54, 1.807) is 30.1 Å². The van der Waals surface area contributed by atoms with Gasteiger partial charge in [0, 0.05) is 24.0 Å². The Morgan fingerprint density at radius 3 is 2.62 bits per heavy atom. The number of pyridine rings is 1. The number of para-hydroxylation sites is 1. The highest BCUT2D eigenvalue weighted by molar-refractivity contribution is 5.92. The molecule has 1 saturated carbocycles. The number of aromatic nitrogens is 3. The Labute approximate surface area is 187 Å². The molecule has 7 heteroatoms. The zero-order chi connectivity index (χ0) is 22.5. The smallest absolute Gasteiger partial charge is 0.359 e. The van der Waals surface area contributed by atoms with Crippen molar-refractivity contribution in [3.63, 3.8) is 0 Å². The minimum Gasteiger partial charge on any atom is -0.448 e. The van der Waals surface area contributed by atoms with Crippen molar-refractivity contribution in [2.24, 2.45) is 5.92 Å². The van der Waals surface area contributed by atoms with Crippen molar-refractivity contribution in [2.45, 2.75) is 51.7 Å². The molecule has 2 heterocycles. The number of nitrogens with zero attached hydrogens (tertiary/aromatic N) is 3. The average Bonchev–Trinajstić information content (AvgIpc) is 3.27. The summed E-state index contributed by atoms with van der Waals surface area (Å²) in [5.74, 6) is -0.476. The SMILES string of the molecule is C[C@H](OC(=O)c1cc(-c2cccnc2)n(-c2ccccc2)n1)C(=O)N[C@H]1CCCC[C@H]1C. The van der Waals surface area contributed by atoms with Gasteiger partial charge < -0.3 is 10.1 Å². The lowest BCUT2D eigenvalue weighted by atomic mass is 9.86. The van der Waals surface area contributed by atoms with Crippen LogP contribution in [0.1, 0.15) is 50.0 Å². The summed E-state index contributed by atoms with van der Waals surface area (Å²) in [7, 11) is 0. The summed E-state index contributed by atoms with van der Waals surface area (Å²) in [6, 6.07) is 15.1. The molecule has 3 aromatic rings. The first-order chi connectivity index (χ1) is 15.5. The molecule has 1 fully saturated rings. The zero-order valence-corrected chi connectivity index (χ0v) is 18.4. The fraction of sp³-hybridized carbons (Fsp3) is 0.360. The number of amides is 1. The molecule has 3 atom stereocenters. The molecule has 1 N–H and O–H groups in total. The molecule has 1 aliphatic carbocycles. The third-order valence-corrected chi connectivity index (χ3v) is 5.97. The fourth-order valence-electron chi connectivity index (χ4n) is 4.07. The van der Waals surface area contributed by atoms with Crippen molar-refractivity contribution < 1.29 is 14.3 Å². The van der Waals surface area contributed by atoms with Gasteiger partial charge in [0.15, 0.2) is 11.8 Å². The van der Waals surface area contributed by atoms with Crippen LogP contribution in [-0.4, -0.2) is 38.8 Å². The summed E-state index contributed by atoms with van der Waals surface area (Å²) in [6.45, 7) is 3.74. The van der Waals surface area contributed by atoms with E-state index >= 15 is 0 Å². The Kier molecular flexibility index (Phi) is 6.63. The second-order valence-electron chi connectivity index (χ2n) is 8.33. The number of benzene rings is 1. The predicted octanol–water partition coefficient (Wildman–Crippen LogP) is 4.17. The molecule has 0 aliphatic heterocycles. The molecule has 2 aromatic heterocycles. The molecule has 166 valence electrons. The summed E-state index contributed by atoms with van der Waals surface area (Å²) in [6.07, 6.45) is 6.87. The van der Waals surface area contributed by atoms with Crippen LogP contribution in [0.2, 0.25) is 0 Å². The largest absolute Gasteiger partial charge is 0.448 e. The third kappa shape index (κ3) is 4.88.